The van der Waals surface area contributed by atoms with E-state index in [1.165, 1.54) is 28.1 Å². The lowest BCUT2D eigenvalue weighted by molar-refractivity contribution is 0.801. The van der Waals surface area contributed by atoms with Crippen LogP contribution in [0.3, 0.4) is 0 Å². The number of aromatic nitrogens is 1. The van der Waals surface area contributed by atoms with E-state index >= 15 is 0 Å². The maximum Gasteiger partial charge on any atom is 0.0461 e. The summed E-state index contributed by atoms with van der Waals surface area (Å²) in [7, 11) is 0. The second-order valence-corrected chi connectivity index (χ2v) is 4.96. The Morgan fingerprint density at radius 3 is 2.74 bits per heavy atom. The Hall–Kier alpha value is -1.80. The highest BCUT2D eigenvalue weighted by Crippen LogP contribution is 2.25. The molecule has 3 N–H and O–H groups in total. The third-order valence-corrected chi connectivity index (χ3v) is 3.54. The number of aromatic amines is 1. The van der Waals surface area contributed by atoms with Gasteiger partial charge in [0.2, 0.25) is 0 Å². The Morgan fingerprint density at radius 2 is 2.11 bits per heavy atom. The van der Waals surface area contributed by atoms with Crippen molar-refractivity contribution in [2.75, 3.05) is 0 Å². The Morgan fingerprint density at radius 1 is 1.37 bits per heavy atom. The number of H-pyrrole nitrogens is 1. The average molecular weight is 254 g/mol. The topological polar surface area (TPSA) is 41.8 Å². The molecule has 1 unspecified atom stereocenters. The first-order valence-electron chi connectivity index (χ1n) is 6.80. The lowest BCUT2D eigenvalue weighted by Gasteiger charge is -2.05. The predicted octanol–water partition coefficient (Wildman–Crippen LogP) is 3.61. The van der Waals surface area contributed by atoms with Crippen LogP contribution in [0.15, 0.2) is 43.0 Å². The van der Waals surface area contributed by atoms with Gasteiger partial charge in [-0.2, -0.15) is 0 Å². The van der Waals surface area contributed by atoms with Gasteiger partial charge in [-0.3, -0.25) is 0 Å². The Labute approximate surface area is 115 Å². The molecule has 2 nitrogen and oxygen atoms in total. The van der Waals surface area contributed by atoms with Gasteiger partial charge in [-0.15, -0.1) is 6.58 Å². The van der Waals surface area contributed by atoms with Gasteiger partial charge in [-0.1, -0.05) is 37.3 Å². The van der Waals surface area contributed by atoms with Gasteiger partial charge < -0.3 is 10.7 Å². The molecule has 0 spiro atoms. The van der Waals surface area contributed by atoms with E-state index in [4.69, 9.17) is 5.73 Å². The molecule has 0 saturated carbocycles. The van der Waals surface area contributed by atoms with Gasteiger partial charge in [0, 0.05) is 23.0 Å². The number of aryl methyl sites for hydroxylation is 2. The van der Waals surface area contributed by atoms with Crippen molar-refractivity contribution in [3.05, 3.63) is 59.8 Å². The molecule has 0 aliphatic heterocycles. The van der Waals surface area contributed by atoms with Gasteiger partial charge in [0.25, 0.3) is 0 Å². The van der Waals surface area contributed by atoms with Crippen molar-refractivity contribution in [3.8, 4) is 11.3 Å². The second kappa shape index (κ2) is 5.89. The molecule has 0 saturated heterocycles. The second-order valence-electron chi connectivity index (χ2n) is 4.96. The van der Waals surface area contributed by atoms with Crippen LogP contribution < -0.4 is 5.73 Å². The molecule has 0 radical (unpaired) electrons. The van der Waals surface area contributed by atoms with Gasteiger partial charge in [0.05, 0.1) is 0 Å². The molecule has 2 rings (SSSR count). The molecule has 0 aliphatic carbocycles. The van der Waals surface area contributed by atoms with Crippen LogP contribution in [-0.2, 0) is 12.8 Å². The maximum atomic E-state index is 5.97. The zero-order valence-corrected chi connectivity index (χ0v) is 11.7. The minimum atomic E-state index is 0.0193. The molecular weight excluding hydrogens is 232 g/mol. The van der Waals surface area contributed by atoms with Crippen molar-refractivity contribution >= 4 is 0 Å². The van der Waals surface area contributed by atoms with E-state index in [1.54, 1.807) is 6.08 Å². The van der Waals surface area contributed by atoms with Gasteiger partial charge in [0.15, 0.2) is 0 Å². The summed E-state index contributed by atoms with van der Waals surface area (Å²) in [5, 5.41) is 0. The molecule has 0 bridgehead atoms. The van der Waals surface area contributed by atoms with E-state index < -0.39 is 0 Å². The van der Waals surface area contributed by atoms with Crippen LogP contribution in [0.2, 0.25) is 0 Å². The van der Waals surface area contributed by atoms with Gasteiger partial charge >= 0.3 is 0 Å². The summed E-state index contributed by atoms with van der Waals surface area (Å²) in [4.78, 5) is 3.53. The quantitative estimate of drug-likeness (QED) is 0.786. The largest absolute Gasteiger partial charge is 0.358 e. The Balaban J connectivity index is 2.38. The van der Waals surface area contributed by atoms with Crippen molar-refractivity contribution in [3.63, 3.8) is 0 Å². The van der Waals surface area contributed by atoms with Crippen LogP contribution >= 0.6 is 0 Å². The van der Waals surface area contributed by atoms with Crippen molar-refractivity contribution in [1.82, 2.24) is 4.98 Å². The zero-order chi connectivity index (χ0) is 13.8. The molecule has 2 heteroatoms. The number of nitrogens with two attached hydrogens (primary N) is 1. The van der Waals surface area contributed by atoms with Crippen molar-refractivity contribution in [1.29, 1.82) is 0 Å². The highest BCUT2D eigenvalue weighted by Gasteiger charge is 2.11. The fourth-order valence-electron chi connectivity index (χ4n) is 2.40. The molecule has 0 amide bonds. The van der Waals surface area contributed by atoms with Crippen molar-refractivity contribution in [2.45, 2.75) is 32.7 Å². The maximum absolute atomic E-state index is 5.97. The number of hydrogen-bond donors (Lipinski definition) is 2. The first kappa shape index (κ1) is 13.6. The smallest absolute Gasteiger partial charge is 0.0461 e. The summed E-state index contributed by atoms with van der Waals surface area (Å²) in [6.45, 7) is 8.06. The molecule has 1 aromatic heterocycles. The number of benzene rings is 1. The minimum absolute atomic E-state index is 0.0193. The SMILES string of the molecule is C=CC(N)Cc1cc(-c2ccccc2C)[nH]c1CC. The van der Waals surface area contributed by atoms with E-state index in [0.717, 1.165) is 12.8 Å². The van der Waals surface area contributed by atoms with E-state index in [0.29, 0.717) is 0 Å². The predicted molar refractivity (Wildman–Crippen MR) is 82.2 cm³/mol. The fraction of sp³-hybridized carbons (Fsp3) is 0.294. The fourth-order valence-corrected chi connectivity index (χ4v) is 2.40. The van der Waals surface area contributed by atoms with Crippen LogP contribution in [-0.4, -0.2) is 11.0 Å². The summed E-state index contributed by atoms with van der Waals surface area (Å²) in [6, 6.07) is 10.7. The van der Waals surface area contributed by atoms with Crippen LogP contribution in [0.25, 0.3) is 11.3 Å². The summed E-state index contributed by atoms with van der Waals surface area (Å²) >= 11 is 0. The Kier molecular flexibility index (Phi) is 4.23. The molecule has 1 atom stereocenters. The lowest BCUT2D eigenvalue weighted by atomic mass is 10.0. The molecule has 1 aromatic carbocycles. The van der Waals surface area contributed by atoms with Gasteiger partial charge in [-0.25, -0.2) is 0 Å². The van der Waals surface area contributed by atoms with Gasteiger partial charge in [-0.05, 0) is 37.0 Å². The summed E-state index contributed by atoms with van der Waals surface area (Å²) in [5.41, 5.74) is 12.3. The molecule has 100 valence electrons. The third kappa shape index (κ3) is 2.96. The number of rotatable bonds is 5. The molecule has 0 fully saturated rings. The summed E-state index contributed by atoms with van der Waals surface area (Å²) in [6.07, 6.45) is 3.64. The van der Waals surface area contributed by atoms with Crippen molar-refractivity contribution < 1.29 is 0 Å². The van der Waals surface area contributed by atoms with Crippen LogP contribution in [0.5, 0.6) is 0 Å². The van der Waals surface area contributed by atoms with Crippen molar-refractivity contribution in [2.24, 2.45) is 5.73 Å². The Bertz CT molecular complexity index is 566. The highest BCUT2D eigenvalue weighted by molar-refractivity contribution is 5.65. The molecular formula is C17H22N2. The molecule has 2 aromatic rings. The summed E-state index contributed by atoms with van der Waals surface area (Å²) < 4.78 is 0. The van der Waals surface area contributed by atoms with Crippen LogP contribution in [0.4, 0.5) is 0 Å². The summed E-state index contributed by atoms with van der Waals surface area (Å²) in [5.74, 6) is 0. The number of nitrogens with one attached hydrogen (secondary N) is 1. The van der Waals surface area contributed by atoms with Crippen LogP contribution in [0.1, 0.15) is 23.7 Å². The lowest BCUT2D eigenvalue weighted by Crippen LogP contribution is -2.19. The van der Waals surface area contributed by atoms with E-state index in [9.17, 15) is 0 Å². The highest BCUT2D eigenvalue weighted by atomic mass is 14.7. The first-order chi connectivity index (χ1) is 9.15. The monoisotopic (exact) mass is 254 g/mol. The molecule has 1 heterocycles. The molecule has 0 aliphatic rings. The zero-order valence-electron chi connectivity index (χ0n) is 11.7. The third-order valence-electron chi connectivity index (χ3n) is 3.54. The van der Waals surface area contributed by atoms with E-state index in [-0.39, 0.29) is 6.04 Å². The standard InChI is InChI=1S/C17H22N2/c1-4-14(18)10-13-11-17(19-16(13)5-2)15-9-7-6-8-12(15)3/h4,6-9,11,14,19H,1,5,10,18H2,2-3H3. The minimum Gasteiger partial charge on any atom is -0.358 e. The van der Waals surface area contributed by atoms with E-state index in [1.807, 2.05) is 0 Å². The first-order valence-corrected chi connectivity index (χ1v) is 6.80. The van der Waals surface area contributed by atoms with Gasteiger partial charge in [0.1, 0.15) is 0 Å². The van der Waals surface area contributed by atoms with Crippen LogP contribution in [0, 0.1) is 6.92 Å². The van der Waals surface area contributed by atoms with E-state index in [2.05, 4.69) is 55.7 Å². The number of hydrogen-bond acceptors (Lipinski definition) is 1. The normalized spacial score (nSPS) is 12.4. The molecule has 19 heavy (non-hydrogen) atoms. The average Bonchev–Trinajstić information content (AvgIpc) is 2.82.